The molecule has 0 saturated carbocycles. The van der Waals surface area contributed by atoms with Gasteiger partial charge in [0, 0.05) is 5.69 Å². The van der Waals surface area contributed by atoms with Gasteiger partial charge < -0.3 is 10.6 Å². The molecule has 0 fully saturated rings. The predicted molar refractivity (Wildman–Crippen MR) is 99.6 cm³/mol. The SMILES string of the molecule is O=C1NC(c2ccc3c(c2)CCc2ccccc2-3)Nc2ccccc21. The van der Waals surface area contributed by atoms with E-state index in [1.807, 2.05) is 24.3 Å². The van der Waals surface area contributed by atoms with Gasteiger partial charge in [0.15, 0.2) is 0 Å². The lowest BCUT2D eigenvalue weighted by atomic mass is 9.84. The second-order valence-electron chi connectivity index (χ2n) is 6.67. The first kappa shape index (κ1) is 14.3. The fraction of sp³-hybridized carbons (Fsp3) is 0.136. The van der Waals surface area contributed by atoms with Gasteiger partial charge in [0.25, 0.3) is 5.91 Å². The summed E-state index contributed by atoms with van der Waals surface area (Å²) in [7, 11) is 0. The largest absolute Gasteiger partial charge is 0.361 e. The topological polar surface area (TPSA) is 41.1 Å². The maximum atomic E-state index is 12.4. The first-order chi connectivity index (χ1) is 12.3. The number of benzene rings is 3. The molecule has 3 heteroatoms. The average Bonchev–Trinajstić information content (AvgIpc) is 2.67. The molecular weight excluding hydrogens is 308 g/mol. The third-order valence-corrected chi connectivity index (χ3v) is 5.18. The molecule has 5 rings (SSSR count). The van der Waals surface area contributed by atoms with E-state index in [4.69, 9.17) is 0 Å². The lowest BCUT2D eigenvalue weighted by Gasteiger charge is -2.29. The van der Waals surface area contributed by atoms with Gasteiger partial charge >= 0.3 is 0 Å². The van der Waals surface area contributed by atoms with Crippen LogP contribution >= 0.6 is 0 Å². The first-order valence-corrected chi connectivity index (χ1v) is 8.67. The van der Waals surface area contributed by atoms with E-state index in [2.05, 4.69) is 53.1 Å². The Bertz CT molecular complexity index is 993. The highest BCUT2D eigenvalue weighted by Crippen LogP contribution is 2.35. The van der Waals surface area contributed by atoms with Crippen molar-refractivity contribution in [1.82, 2.24) is 5.32 Å². The molecule has 0 saturated heterocycles. The molecule has 2 N–H and O–H groups in total. The van der Waals surface area contributed by atoms with Gasteiger partial charge in [-0.05, 0) is 52.8 Å². The van der Waals surface area contributed by atoms with E-state index in [1.165, 1.54) is 22.3 Å². The minimum atomic E-state index is -0.190. The van der Waals surface area contributed by atoms with Crippen LogP contribution in [-0.2, 0) is 12.8 Å². The molecule has 1 amide bonds. The van der Waals surface area contributed by atoms with Crippen molar-refractivity contribution in [2.75, 3.05) is 5.32 Å². The number of carbonyl (C=O) groups is 1. The lowest BCUT2D eigenvalue weighted by Crippen LogP contribution is -2.38. The number of amides is 1. The van der Waals surface area contributed by atoms with Crippen LogP contribution in [0.15, 0.2) is 66.7 Å². The van der Waals surface area contributed by atoms with Gasteiger partial charge in [0.2, 0.25) is 0 Å². The summed E-state index contributed by atoms with van der Waals surface area (Å²) in [4.78, 5) is 12.4. The van der Waals surface area contributed by atoms with Gasteiger partial charge in [0.05, 0.1) is 5.56 Å². The minimum Gasteiger partial charge on any atom is -0.361 e. The van der Waals surface area contributed by atoms with Crippen LogP contribution in [0.2, 0.25) is 0 Å². The maximum absolute atomic E-state index is 12.4. The number of para-hydroxylation sites is 1. The van der Waals surface area contributed by atoms with Gasteiger partial charge in [-0.3, -0.25) is 4.79 Å². The minimum absolute atomic E-state index is 0.0255. The highest BCUT2D eigenvalue weighted by Gasteiger charge is 2.25. The van der Waals surface area contributed by atoms with Gasteiger partial charge in [-0.2, -0.15) is 0 Å². The van der Waals surface area contributed by atoms with Crippen LogP contribution in [0.4, 0.5) is 5.69 Å². The second kappa shape index (κ2) is 5.49. The zero-order chi connectivity index (χ0) is 16.8. The Balaban J connectivity index is 1.52. The van der Waals surface area contributed by atoms with Crippen molar-refractivity contribution >= 4 is 11.6 Å². The fourth-order valence-electron chi connectivity index (χ4n) is 3.91. The number of nitrogens with one attached hydrogen (secondary N) is 2. The molecule has 1 heterocycles. The third-order valence-electron chi connectivity index (χ3n) is 5.18. The van der Waals surface area contributed by atoms with E-state index >= 15 is 0 Å². The summed E-state index contributed by atoms with van der Waals surface area (Å²) in [6.07, 6.45) is 1.92. The summed E-state index contributed by atoms with van der Waals surface area (Å²) in [5.74, 6) is -0.0255. The number of carbonyl (C=O) groups excluding carboxylic acids is 1. The molecule has 0 aromatic heterocycles. The number of anilines is 1. The molecule has 3 aromatic carbocycles. The highest BCUT2D eigenvalue weighted by molar-refractivity contribution is 6.01. The van der Waals surface area contributed by atoms with Crippen molar-refractivity contribution in [3.63, 3.8) is 0 Å². The Kier molecular flexibility index (Phi) is 3.14. The molecule has 1 aliphatic heterocycles. The number of rotatable bonds is 1. The quantitative estimate of drug-likeness (QED) is 0.700. The highest BCUT2D eigenvalue weighted by atomic mass is 16.2. The fourth-order valence-corrected chi connectivity index (χ4v) is 3.91. The molecule has 25 heavy (non-hydrogen) atoms. The number of aryl methyl sites for hydroxylation is 2. The molecule has 1 unspecified atom stereocenters. The Hall–Kier alpha value is -3.07. The summed E-state index contributed by atoms with van der Waals surface area (Å²) >= 11 is 0. The smallest absolute Gasteiger partial charge is 0.255 e. The van der Waals surface area contributed by atoms with Crippen molar-refractivity contribution in [3.05, 3.63) is 89.0 Å². The van der Waals surface area contributed by atoms with E-state index in [9.17, 15) is 4.79 Å². The number of hydrogen-bond acceptors (Lipinski definition) is 2. The van der Waals surface area contributed by atoms with Crippen LogP contribution in [0.25, 0.3) is 11.1 Å². The molecule has 1 aliphatic carbocycles. The zero-order valence-corrected chi connectivity index (χ0v) is 13.8. The van der Waals surface area contributed by atoms with Crippen molar-refractivity contribution in [2.24, 2.45) is 0 Å². The number of fused-ring (bicyclic) bond motifs is 4. The van der Waals surface area contributed by atoms with E-state index in [1.54, 1.807) is 0 Å². The van der Waals surface area contributed by atoms with E-state index in [0.717, 1.165) is 24.1 Å². The first-order valence-electron chi connectivity index (χ1n) is 8.67. The van der Waals surface area contributed by atoms with Crippen molar-refractivity contribution in [1.29, 1.82) is 0 Å². The van der Waals surface area contributed by atoms with E-state index in [0.29, 0.717) is 5.56 Å². The normalized spacial score (nSPS) is 17.6. The molecule has 2 aliphatic rings. The van der Waals surface area contributed by atoms with Crippen LogP contribution < -0.4 is 10.6 Å². The maximum Gasteiger partial charge on any atom is 0.255 e. The van der Waals surface area contributed by atoms with Crippen LogP contribution in [0.1, 0.15) is 33.2 Å². The Morgan fingerprint density at radius 1 is 0.720 bits per heavy atom. The van der Waals surface area contributed by atoms with Gasteiger partial charge in [-0.25, -0.2) is 0 Å². The monoisotopic (exact) mass is 326 g/mol. The van der Waals surface area contributed by atoms with Gasteiger partial charge in [-0.15, -0.1) is 0 Å². The van der Waals surface area contributed by atoms with E-state index < -0.39 is 0 Å². The standard InChI is InChI=1S/C22H18N2O/c25-22-19-7-3-4-8-20(19)23-21(24-22)16-11-12-18-15(13-16)10-9-14-5-1-2-6-17(14)18/h1-8,11-13,21,23H,9-10H2,(H,24,25). The Morgan fingerprint density at radius 3 is 2.36 bits per heavy atom. The molecular formula is C22H18N2O. The van der Waals surface area contributed by atoms with Crippen LogP contribution in [-0.4, -0.2) is 5.91 Å². The average molecular weight is 326 g/mol. The molecule has 1 atom stereocenters. The lowest BCUT2D eigenvalue weighted by molar-refractivity contribution is 0.0935. The van der Waals surface area contributed by atoms with Crippen LogP contribution in [0.5, 0.6) is 0 Å². The van der Waals surface area contributed by atoms with E-state index in [-0.39, 0.29) is 12.1 Å². The third kappa shape index (κ3) is 2.31. The van der Waals surface area contributed by atoms with Crippen molar-refractivity contribution < 1.29 is 4.79 Å². The molecule has 122 valence electrons. The molecule has 0 bridgehead atoms. The Labute approximate surface area is 146 Å². The summed E-state index contributed by atoms with van der Waals surface area (Å²) in [5, 5.41) is 6.50. The number of hydrogen-bond donors (Lipinski definition) is 2. The summed E-state index contributed by atoms with van der Waals surface area (Å²) in [6.45, 7) is 0. The zero-order valence-electron chi connectivity index (χ0n) is 13.8. The van der Waals surface area contributed by atoms with Gasteiger partial charge in [-0.1, -0.05) is 54.6 Å². The molecule has 3 nitrogen and oxygen atoms in total. The molecule has 3 aromatic rings. The Morgan fingerprint density at radius 2 is 1.44 bits per heavy atom. The molecule has 0 spiro atoms. The van der Waals surface area contributed by atoms with Crippen molar-refractivity contribution in [3.8, 4) is 11.1 Å². The van der Waals surface area contributed by atoms with Gasteiger partial charge in [0.1, 0.15) is 6.17 Å². The summed E-state index contributed by atoms with van der Waals surface area (Å²) in [6, 6.07) is 22.8. The summed E-state index contributed by atoms with van der Waals surface area (Å²) < 4.78 is 0. The molecule has 0 radical (unpaired) electrons. The summed E-state index contributed by atoms with van der Waals surface area (Å²) in [5.41, 5.74) is 8.10. The van der Waals surface area contributed by atoms with Crippen molar-refractivity contribution in [2.45, 2.75) is 19.0 Å². The second-order valence-corrected chi connectivity index (χ2v) is 6.67. The van der Waals surface area contributed by atoms with Crippen LogP contribution in [0.3, 0.4) is 0 Å². The van der Waals surface area contributed by atoms with Crippen LogP contribution in [0, 0.1) is 0 Å². The predicted octanol–water partition coefficient (Wildman–Crippen LogP) is 4.31.